The van der Waals surface area contributed by atoms with Crippen LogP contribution in [0.1, 0.15) is 6.92 Å². The lowest BCUT2D eigenvalue weighted by atomic mass is 10.1. The highest BCUT2D eigenvalue weighted by atomic mass is 35.5. The molecule has 4 rings (SSSR count). The lowest BCUT2D eigenvalue weighted by Crippen LogP contribution is -2.16. The molecule has 32 heavy (non-hydrogen) atoms. The van der Waals surface area contributed by atoms with Gasteiger partial charge in [0.15, 0.2) is 17.2 Å². The van der Waals surface area contributed by atoms with E-state index in [-0.39, 0.29) is 29.8 Å². The summed E-state index contributed by atoms with van der Waals surface area (Å²) in [6, 6.07) is 7.77. The minimum atomic E-state index is -0.904. The molecular weight excluding hydrogens is 444 g/mol. The third-order valence-electron chi connectivity index (χ3n) is 4.48. The Bertz CT molecular complexity index is 1280. The van der Waals surface area contributed by atoms with Gasteiger partial charge in [-0.2, -0.15) is 15.1 Å². The molecule has 0 saturated heterocycles. The molecule has 166 valence electrons. The summed E-state index contributed by atoms with van der Waals surface area (Å²) < 4.78 is 38.1. The zero-order valence-corrected chi connectivity index (χ0v) is 17.7. The van der Waals surface area contributed by atoms with E-state index >= 15 is 0 Å². The predicted octanol–water partition coefficient (Wildman–Crippen LogP) is 4.55. The summed E-state index contributed by atoms with van der Waals surface area (Å²) in [6.07, 6.45) is -0.685. The Hall–Kier alpha value is -3.50. The molecule has 0 radical (unpaired) electrons. The molecule has 0 aliphatic rings. The molecule has 0 amide bonds. The number of hydrogen-bond donors (Lipinski definition) is 3. The van der Waals surface area contributed by atoms with Crippen LogP contribution in [0.5, 0.6) is 17.5 Å². The van der Waals surface area contributed by atoms with E-state index in [9.17, 15) is 13.9 Å². The van der Waals surface area contributed by atoms with E-state index in [1.807, 2.05) is 0 Å². The van der Waals surface area contributed by atoms with Crippen molar-refractivity contribution >= 4 is 28.5 Å². The van der Waals surface area contributed by atoms with E-state index < -0.39 is 17.7 Å². The molecule has 0 bridgehead atoms. The zero-order valence-electron chi connectivity index (χ0n) is 17.0. The maximum absolute atomic E-state index is 14.0. The van der Waals surface area contributed by atoms with Crippen LogP contribution in [-0.2, 0) is 0 Å². The molecule has 2 aromatic carbocycles. The Balaban J connectivity index is 1.84. The first-order chi connectivity index (χ1) is 15.4. The van der Waals surface area contributed by atoms with Crippen molar-refractivity contribution in [3.05, 3.63) is 53.1 Å². The van der Waals surface area contributed by atoms with E-state index in [1.54, 1.807) is 25.1 Å². The summed E-state index contributed by atoms with van der Waals surface area (Å²) in [5.74, 6) is -1.08. The molecule has 0 saturated carbocycles. The lowest BCUT2D eigenvalue weighted by molar-refractivity contribution is 0.208. The van der Waals surface area contributed by atoms with E-state index in [0.717, 1.165) is 12.1 Å². The minimum absolute atomic E-state index is 0.160. The van der Waals surface area contributed by atoms with Crippen LogP contribution in [0.25, 0.3) is 22.3 Å². The van der Waals surface area contributed by atoms with Crippen molar-refractivity contribution in [3.8, 4) is 28.8 Å². The van der Waals surface area contributed by atoms with Gasteiger partial charge in [0.25, 0.3) is 0 Å². The van der Waals surface area contributed by atoms with Gasteiger partial charge in [-0.1, -0.05) is 11.6 Å². The molecule has 4 aromatic rings. The highest BCUT2D eigenvalue weighted by Crippen LogP contribution is 2.38. The number of anilines is 1. The lowest BCUT2D eigenvalue weighted by Gasteiger charge is -2.12. The molecule has 0 spiro atoms. The summed E-state index contributed by atoms with van der Waals surface area (Å²) in [6.45, 7) is 1.76. The molecule has 2 heterocycles. The Labute approximate surface area is 186 Å². The molecule has 3 N–H and O–H groups in total. The number of halogens is 3. The van der Waals surface area contributed by atoms with Gasteiger partial charge in [-0.05, 0) is 37.3 Å². The largest absolute Gasteiger partial charge is 0.496 e. The first kappa shape index (κ1) is 21.7. The maximum Gasteiger partial charge on any atom is 0.326 e. The average molecular weight is 462 g/mol. The van der Waals surface area contributed by atoms with Gasteiger partial charge in [0.05, 0.1) is 24.3 Å². The number of aromatic amines is 1. The van der Waals surface area contributed by atoms with Crippen LogP contribution in [0.3, 0.4) is 0 Å². The van der Waals surface area contributed by atoms with Crippen molar-refractivity contribution in [2.45, 2.75) is 13.0 Å². The summed E-state index contributed by atoms with van der Waals surface area (Å²) in [4.78, 5) is 8.55. The van der Waals surface area contributed by atoms with Crippen LogP contribution < -0.4 is 14.8 Å². The van der Waals surface area contributed by atoms with Gasteiger partial charge >= 0.3 is 6.01 Å². The fourth-order valence-corrected chi connectivity index (χ4v) is 3.22. The van der Waals surface area contributed by atoms with E-state index in [2.05, 4.69) is 25.5 Å². The van der Waals surface area contributed by atoms with Crippen molar-refractivity contribution in [1.29, 1.82) is 0 Å². The number of rotatable bonds is 7. The number of nitrogens with zero attached hydrogens (tertiary/aromatic N) is 3. The summed E-state index contributed by atoms with van der Waals surface area (Å²) in [5.41, 5.74) is 1.35. The number of ether oxygens (including phenoxy) is 2. The number of aliphatic hydroxyl groups is 1. The summed E-state index contributed by atoms with van der Waals surface area (Å²) in [7, 11) is 1.53. The van der Waals surface area contributed by atoms with Gasteiger partial charge in [-0.3, -0.25) is 5.10 Å². The maximum atomic E-state index is 14.0. The number of methoxy groups -OCH3 is 1. The van der Waals surface area contributed by atoms with Crippen LogP contribution in [0.2, 0.25) is 5.02 Å². The highest BCUT2D eigenvalue weighted by molar-refractivity contribution is 6.31. The normalized spacial score (nSPS) is 12.1. The first-order valence-electron chi connectivity index (χ1n) is 9.50. The Morgan fingerprint density at radius 1 is 1.16 bits per heavy atom. The van der Waals surface area contributed by atoms with Gasteiger partial charge in [0.1, 0.15) is 17.4 Å². The van der Waals surface area contributed by atoms with Crippen molar-refractivity contribution in [2.24, 2.45) is 0 Å². The number of aromatic nitrogens is 4. The Morgan fingerprint density at radius 2 is 1.94 bits per heavy atom. The van der Waals surface area contributed by atoms with Gasteiger partial charge in [-0.15, -0.1) is 0 Å². The van der Waals surface area contributed by atoms with Crippen molar-refractivity contribution < 1.29 is 23.4 Å². The molecular formula is C21H18ClF2N5O3. The van der Waals surface area contributed by atoms with E-state index in [0.29, 0.717) is 33.5 Å². The van der Waals surface area contributed by atoms with Crippen LogP contribution in [0.15, 0.2) is 36.4 Å². The minimum Gasteiger partial charge on any atom is -0.496 e. The molecule has 0 fully saturated rings. The fourth-order valence-electron chi connectivity index (χ4n) is 3.05. The van der Waals surface area contributed by atoms with Crippen LogP contribution >= 0.6 is 11.6 Å². The number of hydrogen-bond acceptors (Lipinski definition) is 7. The van der Waals surface area contributed by atoms with Crippen LogP contribution in [-0.4, -0.2) is 45.0 Å². The monoisotopic (exact) mass is 461 g/mol. The van der Waals surface area contributed by atoms with E-state index in [4.69, 9.17) is 21.1 Å². The third kappa shape index (κ3) is 4.41. The predicted molar refractivity (Wildman–Crippen MR) is 115 cm³/mol. The molecule has 8 nitrogen and oxygen atoms in total. The Kier molecular flexibility index (Phi) is 6.06. The zero-order chi connectivity index (χ0) is 22.8. The second kappa shape index (κ2) is 8.93. The summed E-state index contributed by atoms with van der Waals surface area (Å²) >= 11 is 6.17. The second-order valence-electron chi connectivity index (χ2n) is 6.90. The van der Waals surface area contributed by atoms with Gasteiger partial charge < -0.3 is 19.9 Å². The standard InChI is InChI=1S/C21H18ClF2N5O3/c1-10(30)9-25-19-17-18(13-7-11(22)3-5-15(13)31-2)28-29-20(17)27-21(26-19)32-16-6-4-12(23)8-14(16)24/h3-8,10,30H,9H2,1-2H3,(H2,25,26,27,28,29)/t10-/m0/s1. The average Bonchev–Trinajstić information content (AvgIpc) is 3.18. The van der Waals surface area contributed by atoms with E-state index in [1.165, 1.54) is 7.11 Å². The second-order valence-corrected chi connectivity index (χ2v) is 7.34. The van der Waals surface area contributed by atoms with Crippen LogP contribution in [0.4, 0.5) is 14.6 Å². The number of fused-ring (bicyclic) bond motifs is 1. The molecule has 2 aromatic heterocycles. The third-order valence-corrected chi connectivity index (χ3v) is 4.72. The number of aliphatic hydroxyl groups excluding tert-OH is 1. The SMILES string of the molecule is COc1ccc(Cl)cc1-c1[nH]nc2nc(Oc3ccc(F)cc3F)nc(NC[C@H](C)O)c12. The number of nitrogens with one attached hydrogen (secondary N) is 2. The first-order valence-corrected chi connectivity index (χ1v) is 9.88. The highest BCUT2D eigenvalue weighted by Gasteiger charge is 2.21. The molecule has 0 aliphatic heterocycles. The molecule has 11 heteroatoms. The quantitative estimate of drug-likeness (QED) is 0.371. The Morgan fingerprint density at radius 3 is 2.66 bits per heavy atom. The molecule has 0 aliphatic carbocycles. The number of H-pyrrole nitrogens is 1. The topological polar surface area (TPSA) is 105 Å². The van der Waals surface area contributed by atoms with Gasteiger partial charge in [0, 0.05) is 23.2 Å². The number of benzene rings is 2. The van der Waals surface area contributed by atoms with Gasteiger partial charge in [0.2, 0.25) is 0 Å². The summed E-state index contributed by atoms with van der Waals surface area (Å²) in [5, 5.41) is 20.8. The molecule has 0 unspecified atom stereocenters. The smallest absolute Gasteiger partial charge is 0.326 e. The fraction of sp³-hybridized carbons (Fsp3) is 0.190. The molecule has 1 atom stereocenters. The van der Waals surface area contributed by atoms with Gasteiger partial charge in [-0.25, -0.2) is 8.78 Å². The van der Waals surface area contributed by atoms with Crippen molar-refractivity contribution in [2.75, 3.05) is 19.0 Å². The van der Waals surface area contributed by atoms with Crippen LogP contribution in [0, 0.1) is 11.6 Å². The van der Waals surface area contributed by atoms with Crippen molar-refractivity contribution in [3.63, 3.8) is 0 Å². The van der Waals surface area contributed by atoms with Crippen molar-refractivity contribution in [1.82, 2.24) is 20.2 Å².